The summed E-state index contributed by atoms with van der Waals surface area (Å²) < 4.78 is 39.3. The first-order chi connectivity index (χ1) is 52.7. The Kier molecular flexibility index (Phi) is 27.7. The van der Waals surface area contributed by atoms with Gasteiger partial charge in [0.2, 0.25) is 53.4 Å². The zero-order valence-corrected chi connectivity index (χ0v) is 62.9. The molecule has 5 aromatic carbocycles. The number of fused-ring (bicyclic) bond motifs is 15. The molecule has 21 N–H and O–H groups in total. The molecule has 7 heterocycles. The van der Waals surface area contributed by atoms with Gasteiger partial charge < -0.3 is 128 Å². The van der Waals surface area contributed by atoms with Gasteiger partial charge in [-0.05, 0) is 116 Å². The number of ether oxygens (including phenoxy) is 6. The number of phenolic OH excluding ortho intramolecular Hbond substituents is 3. The van der Waals surface area contributed by atoms with Crippen molar-refractivity contribution in [3.8, 4) is 57.1 Å². The van der Waals surface area contributed by atoms with Gasteiger partial charge in [-0.15, -0.1) is 0 Å². The predicted octanol–water partition coefficient (Wildman–Crippen LogP) is 4.01. The summed E-state index contributed by atoms with van der Waals surface area (Å²) in [6.07, 6.45) is -8.65. The number of aliphatic hydroxyl groups is 6. The molecular weight excluding hydrogens is 1490 g/mol. The van der Waals surface area contributed by atoms with E-state index in [0.717, 1.165) is 105 Å². The summed E-state index contributed by atoms with van der Waals surface area (Å²) >= 11 is 14.2. The highest BCUT2D eigenvalue weighted by molar-refractivity contribution is 6.32. The number of halogens is 2. The largest absolute Gasteiger partial charge is 0.508 e. The second kappa shape index (κ2) is 36.5. The fourth-order valence-electron chi connectivity index (χ4n) is 14.2. The van der Waals surface area contributed by atoms with Crippen molar-refractivity contribution in [2.75, 3.05) is 13.2 Å². The minimum Gasteiger partial charge on any atom is -0.508 e. The van der Waals surface area contributed by atoms with E-state index in [2.05, 4.69) is 44.1 Å². The second-order valence-corrected chi connectivity index (χ2v) is 30.0. The predicted molar refractivity (Wildman–Crippen MR) is 395 cm³/mol. The highest BCUT2D eigenvalue weighted by Gasteiger charge is 2.52. The molecule has 7 aliphatic rings. The van der Waals surface area contributed by atoms with Crippen LogP contribution in [0.4, 0.5) is 0 Å². The Balaban J connectivity index is 1.17. The van der Waals surface area contributed by atoms with Gasteiger partial charge in [0, 0.05) is 34.7 Å². The van der Waals surface area contributed by atoms with Gasteiger partial charge in [-0.1, -0.05) is 114 Å². The van der Waals surface area contributed by atoms with Crippen molar-refractivity contribution >= 4 is 70.5 Å². The Morgan fingerprint density at radius 1 is 0.676 bits per heavy atom. The Hall–Kier alpha value is -9.20. The number of carbonyl (C=O) groups is 8. The topological polar surface area (TPSA) is 530 Å². The van der Waals surface area contributed by atoms with Gasteiger partial charge in [-0.2, -0.15) is 0 Å². The first-order valence-corrected chi connectivity index (χ1v) is 37.4. The molecule has 11 bridgehead atoms. The number of hydrogen-bond donors (Lipinski definition) is 19. The van der Waals surface area contributed by atoms with E-state index >= 15 is 14.4 Å². The van der Waals surface area contributed by atoms with Crippen LogP contribution in [0.1, 0.15) is 170 Å². The summed E-state index contributed by atoms with van der Waals surface area (Å²) in [5, 5.41) is 133. The summed E-state index contributed by atoms with van der Waals surface area (Å²) in [6, 6.07) is -0.907. The van der Waals surface area contributed by atoms with Crippen molar-refractivity contribution in [2.45, 2.75) is 221 Å². The first-order valence-electron chi connectivity index (χ1n) is 36.7. The number of carboxylic acid groups (broad SMARTS) is 1. The number of nitrogens with two attached hydrogens (primary N) is 2. The fraction of sp³-hybridized carbons (Fsp3) is 0.500. The molecule has 18 atom stereocenters. The van der Waals surface area contributed by atoms with Crippen molar-refractivity contribution in [3.63, 3.8) is 0 Å². The van der Waals surface area contributed by atoms with Gasteiger partial charge in [0.1, 0.15) is 89.5 Å². The van der Waals surface area contributed by atoms with Gasteiger partial charge in [-0.25, -0.2) is 4.79 Å². The van der Waals surface area contributed by atoms with Crippen LogP contribution < -0.4 is 62.9 Å². The minimum absolute atomic E-state index is 0.0771. The van der Waals surface area contributed by atoms with Crippen LogP contribution in [0.5, 0.6) is 46.0 Å². The SMILES string of the molecule is CCCCCCCCCCCN[C@]1(C)C[C@@H](O[C@H]2[C@H](Oc3c4cc5cc3Oc3ccc(cc3Cl)[C@@H](O)[C@@H]3NC(=O)C(NC(=O)[C@@H]5NC(=O)[C@H](CC(N)=O)NC(=O)C(NC(=O)[C@H](N)CC(C)C)[C@H](O)c5ccc(c(Cl)c5)O4)c4ccc(O)c(c4)-c4c(O)cc(O)cc4[C@@H](C(=O)O)NC3=O)O[C@H](CO)[C@@H](O)[C@@H]2O)O[C@H](C)[C@@H]1O. The van der Waals surface area contributed by atoms with Crippen molar-refractivity contribution < 1.29 is 118 Å². The van der Waals surface area contributed by atoms with Gasteiger partial charge >= 0.3 is 5.97 Å². The molecule has 0 aromatic heterocycles. The lowest BCUT2D eigenvalue weighted by molar-refractivity contribution is -0.334. The number of primary amides is 1. The van der Waals surface area contributed by atoms with Crippen molar-refractivity contribution in [2.24, 2.45) is 17.4 Å². The van der Waals surface area contributed by atoms with Crippen LogP contribution in [-0.2, 0) is 52.6 Å². The highest BCUT2D eigenvalue weighted by Crippen LogP contribution is 2.50. The number of carboxylic acids is 1. The monoisotopic (exact) mass is 1590 g/mol. The fourth-order valence-corrected chi connectivity index (χ4v) is 14.7. The third kappa shape index (κ3) is 19.6. The highest BCUT2D eigenvalue weighted by atomic mass is 35.5. The van der Waals surface area contributed by atoms with E-state index in [0.29, 0.717) is 6.54 Å². The van der Waals surface area contributed by atoms with E-state index in [4.69, 9.17) is 63.1 Å². The lowest BCUT2D eigenvalue weighted by atomic mass is 9.84. The summed E-state index contributed by atoms with van der Waals surface area (Å²) in [6.45, 7) is 8.61. The molecule has 111 heavy (non-hydrogen) atoms. The summed E-state index contributed by atoms with van der Waals surface area (Å²) in [5.74, 6) is -16.1. The number of aliphatic hydroxyl groups excluding tert-OH is 6. The molecule has 2 fully saturated rings. The minimum atomic E-state index is -2.35. The third-order valence-electron chi connectivity index (χ3n) is 20.2. The van der Waals surface area contributed by atoms with E-state index < -0.39 is 231 Å². The van der Waals surface area contributed by atoms with Crippen molar-refractivity contribution in [1.29, 1.82) is 0 Å². The summed E-state index contributed by atoms with van der Waals surface area (Å²) in [4.78, 5) is 117. The molecule has 2 unspecified atom stereocenters. The second-order valence-electron chi connectivity index (χ2n) is 29.1. The molecule has 5 aromatic rings. The summed E-state index contributed by atoms with van der Waals surface area (Å²) in [7, 11) is 0. The normalized spacial score (nSPS) is 27.9. The molecule has 0 spiro atoms. The van der Waals surface area contributed by atoms with Gasteiger partial charge in [0.05, 0.1) is 41.3 Å². The standard InChI is InChI=1S/C76H95Cl2N9O24/c1-6-7-8-9-10-11-12-13-14-21-81-76(5)31-54(106-34(4)67(76)97)110-66-64(96)63(95)52(32-88)109-75(66)111-65-50-26-38-27-51(65)108-49-20-17-37(25-43(49)78)62(94)60-73(103)85-58(74(104)105)41-28-39(89)29-47(91)55(41)40-23-35(15-18-46(40)90)56(70(100)87-60)84-71(101)57(38)83-69(99)45(30-53(80)92)82-72(102)59(86-68(98)44(79)22-33(2)3)61(93)36-16-19-48(107-50)42(77)24-36/h15-20,23-29,33-34,44-45,52,54,56-64,66-67,75,81,88-91,93-97H,6-14,21-22,30-32,79H2,1-5H3,(H2,80,92)(H,82,102)(H,83,99)(H,84,101)(H,85,103)(H,86,98)(H,87,100)(H,104,105)/t34-,44-,45+,52-,54-,56?,57-,58+,59?,60+,61-,62-,63-,64+,66-,67+,75+,76-/m1/s1. The Labute approximate surface area is 647 Å². The van der Waals surface area contributed by atoms with Crippen LogP contribution >= 0.6 is 23.2 Å². The number of aliphatic carboxylic acids is 1. The smallest absolute Gasteiger partial charge is 0.330 e. The maximum atomic E-state index is 16.1. The van der Waals surface area contributed by atoms with Crippen LogP contribution in [0, 0.1) is 5.92 Å². The number of unbranched alkanes of at least 4 members (excludes halogenated alkanes) is 8. The molecule has 0 saturated carbocycles. The van der Waals surface area contributed by atoms with Crippen LogP contribution in [-0.4, -0.2) is 190 Å². The van der Waals surface area contributed by atoms with Crippen LogP contribution in [0.25, 0.3) is 11.1 Å². The molecule has 35 heteroatoms. The van der Waals surface area contributed by atoms with E-state index in [9.17, 15) is 75.0 Å². The van der Waals surface area contributed by atoms with Crippen LogP contribution in [0.15, 0.2) is 78.9 Å². The van der Waals surface area contributed by atoms with Gasteiger partial charge in [0.15, 0.2) is 29.9 Å². The molecular formula is C76H95Cl2N9O24. The van der Waals surface area contributed by atoms with Crippen LogP contribution in [0.2, 0.25) is 10.0 Å². The maximum absolute atomic E-state index is 16.1. The number of phenols is 3. The van der Waals surface area contributed by atoms with E-state index in [1.807, 2.05) is 0 Å². The van der Waals surface area contributed by atoms with Gasteiger partial charge in [-0.3, -0.25) is 33.6 Å². The zero-order valence-electron chi connectivity index (χ0n) is 61.4. The quantitative estimate of drug-likeness (QED) is 0.0411. The number of rotatable bonds is 23. The molecule has 2 saturated heterocycles. The lowest BCUT2D eigenvalue weighted by Crippen LogP contribution is -2.65. The Bertz CT molecular complexity index is 4270. The van der Waals surface area contributed by atoms with E-state index in [1.165, 1.54) is 31.4 Å². The van der Waals surface area contributed by atoms with Crippen molar-refractivity contribution in [1.82, 2.24) is 37.2 Å². The molecule has 0 aliphatic carbocycles. The third-order valence-corrected chi connectivity index (χ3v) is 20.8. The molecule has 602 valence electrons. The number of benzene rings is 5. The number of hydrogen-bond acceptors (Lipinski definition) is 25. The Morgan fingerprint density at radius 2 is 1.27 bits per heavy atom. The molecule has 12 rings (SSSR count). The number of carbonyl (C=O) groups excluding carboxylic acids is 7. The Morgan fingerprint density at radius 3 is 1.87 bits per heavy atom. The van der Waals surface area contributed by atoms with Crippen molar-refractivity contribution in [3.05, 3.63) is 117 Å². The van der Waals surface area contributed by atoms with E-state index in [1.54, 1.807) is 27.7 Å². The molecule has 33 nitrogen and oxygen atoms in total. The first kappa shape index (κ1) is 84.3. The van der Waals surface area contributed by atoms with Crippen LogP contribution in [0.3, 0.4) is 0 Å². The van der Waals surface area contributed by atoms with E-state index in [-0.39, 0.29) is 52.0 Å². The molecule has 7 aliphatic heterocycles. The lowest BCUT2D eigenvalue weighted by Gasteiger charge is -2.48. The molecule has 7 amide bonds. The average Bonchev–Trinajstić information content (AvgIpc) is 0.769. The number of amides is 7. The molecule has 0 radical (unpaired) electrons. The average molecular weight is 1590 g/mol. The number of aromatic hydroxyl groups is 3. The summed E-state index contributed by atoms with van der Waals surface area (Å²) in [5.41, 5.74) is 8.10. The zero-order chi connectivity index (χ0) is 80.6. The number of nitrogens with one attached hydrogen (secondary N) is 7. The van der Waals surface area contributed by atoms with Gasteiger partial charge in [0.25, 0.3) is 0 Å². The maximum Gasteiger partial charge on any atom is 0.330 e.